The number of rotatable bonds is 6. The van der Waals surface area contributed by atoms with E-state index in [9.17, 15) is 4.79 Å². The van der Waals surface area contributed by atoms with Gasteiger partial charge in [0.25, 0.3) is 0 Å². The summed E-state index contributed by atoms with van der Waals surface area (Å²) in [5.41, 5.74) is 2.76. The largest absolute Gasteiger partial charge is 0.383 e. The van der Waals surface area contributed by atoms with Crippen molar-refractivity contribution in [1.29, 1.82) is 0 Å². The van der Waals surface area contributed by atoms with Gasteiger partial charge in [-0.2, -0.15) is 10.2 Å². The minimum atomic E-state index is -0.0799. The summed E-state index contributed by atoms with van der Waals surface area (Å²) in [4.78, 5) is 11.8. The second-order valence-electron chi connectivity index (χ2n) is 5.00. The van der Waals surface area contributed by atoms with E-state index in [0.29, 0.717) is 13.2 Å². The summed E-state index contributed by atoms with van der Waals surface area (Å²) in [6.07, 6.45) is 1.76. The maximum absolute atomic E-state index is 11.8. The molecule has 0 aromatic carbocycles. The van der Waals surface area contributed by atoms with Gasteiger partial charge in [-0.3, -0.25) is 14.2 Å². The number of aryl methyl sites for hydroxylation is 1. The maximum atomic E-state index is 11.8. The molecule has 7 heteroatoms. The van der Waals surface area contributed by atoms with Gasteiger partial charge < -0.3 is 10.1 Å². The Morgan fingerprint density at radius 1 is 1.50 bits per heavy atom. The van der Waals surface area contributed by atoms with Gasteiger partial charge in [0, 0.05) is 19.7 Å². The van der Waals surface area contributed by atoms with E-state index < -0.39 is 0 Å². The fourth-order valence-corrected chi connectivity index (χ4v) is 2.18. The number of hydrogen-bond donors (Lipinski definition) is 1. The van der Waals surface area contributed by atoms with E-state index in [1.807, 2.05) is 11.6 Å². The van der Waals surface area contributed by atoms with Crippen LogP contribution in [0.3, 0.4) is 0 Å². The van der Waals surface area contributed by atoms with Crippen molar-refractivity contribution in [3.05, 3.63) is 11.9 Å². The molecule has 0 saturated carbocycles. The first-order valence-corrected chi connectivity index (χ1v) is 6.70. The van der Waals surface area contributed by atoms with Crippen molar-refractivity contribution >= 4 is 16.9 Å². The molecule has 1 amide bonds. The van der Waals surface area contributed by atoms with Crippen molar-refractivity contribution in [2.24, 2.45) is 0 Å². The molecule has 0 bridgehead atoms. The van der Waals surface area contributed by atoms with Crippen molar-refractivity contribution in [3.63, 3.8) is 0 Å². The zero-order chi connectivity index (χ0) is 14.7. The third kappa shape index (κ3) is 2.82. The summed E-state index contributed by atoms with van der Waals surface area (Å²) in [5, 5.41) is 11.6. The molecule has 1 N–H and O–H groups in total. The second-order valence-corrected chi connectivity index (χ2v) is 5.00. The molecule has 0 atom stereocenters. The molecule has 0 spiro atoms. The quantitative estimate of drug-likeness (QED) is 0.797. The highest BCUT2D eigenvalue weighted by Crippen LogP contribution is 2.20. The Labute approximate surface area is 117 Å². The van der Waals surface area contributed by atoms with Crippen molar-refractivity contribution in [1.82, 2.24) is 24.9 Å². The van der Waals surface area contributed by atoms with E-state index in [0.717, 1.165) is 16.7 Å². The van der Waals surface area contributed by atoms with Crippen molar-refractivity contribution in [2.45, 2.75) is 33.4 Å². The van der Waals surface area contributed by atoms with Gasteiger partial charge in [0.2, 0.25) is 5.91 Å². The number of ether oxygens (including phenoxy) is 1. The molecule has 0 radical (unpaired) electrons. The van der Waals surface area contributed by atoms with Crippen LogP contribution >= 0.6 is 0 Å². The third-order valence-electron chi connectivity index (χ3n) is 3.08. The van der Waals surface area contributed by atoms with E-state index in [1.54, 1.807) is 18.0 Å². The van der Waals surface area contributed by atoms with Crippen molar-refractivity contribution in [2.75, 3.05) is 20.3 Å². The lowest BCUT2D eigenvalue weighted by Crippen LogP contribution is -2.30. The predicted molar refractivity (Wildman–Crippen MR) is 75.5 cm³/mol. The minimum Gasteiger partial charge on any atom is -0.383 e. The number of amides is 1. The first-order valence-electron chi connectivity index (χ1n) is 6.70. The minimum absolute atomic E-state index is 0.0799. The fraction of sp³-hybridized carbons (Fsp3) is 0.615. The van der Waals surface area contributed by atoms with E-state index in [1.165, 1.54) is 0 Å². The highest BCUT2D eigenvalue weighted by Gasteiger charge is 2.16. The number of hydrogen-bond acceptors (Lipinski definition) is 4. The highest BCUT2D eigenvalue weighted by atomic mass is 16.5. The highest BCUT2D eigenvalue weighted by molar-refractivity contribution is 5.81. The molecule has 0 aliphatic carbocycles. The number of carbonyl (C=O) groups excluding carboxylic acids is 1. The molecule has 2 aromatic heterocycles. The van der Waals surface area contributed by atoms with Crippen LogP contribution in [-0.2, 0) is 16.1 Å². The van der Waals surface area contributed by atoms with Gasteiger partial charge in [-0.15, -0.1) is 0 Å². The average Bonchev–Trinajstić information content (AvgIpc) is 2.92. The Morgan fingerprint density at radius 3 is 2.90 bits per heavy atom. The molecule has 0 unspecified atom stereocenters. The summed E-state index contributed by atoms with van der Waals surface area (Å²) in [5.74, 6) is -0.0799. The molecule has 20 heavy (non-hydrogen) atoms. The lowest BCUT2D eigenvalue weighted by Gasteiger charge is -2.05. The van der Waals surface area contributed by atoms with Crippen LogP contribution in [0.1, 0.15) is 25.6 Å². The normalized spacial score (nSPS) is 11.4. The molecule has 110 valence electrons. The molecule has 0 saturated heterocycles. The van der Waals surface area contributed by atoms with Gasteiger partial charge in [0.15, 0.2) is 0 Å². The Hall–Kier alpha value is -1.89. The maximum Gasteiger partial charge on any atom is 0.241 e. The van der Waals surface area contributed by atoms with Crippen molar-refractivity contribution in [3.8, 4) is 0 Å². The number of aromatic nitrogens is 4. The summed E-state index contributed by atoms with van der Waals surface area (Å²) in [6.45, 7) is 7.27. The van der Waals surface area contributed by atoms with Gasteiger partial charge in [0.05, 0.1) is 18.5 Å². The number of fused-ring (bicyclic) bond motifs is 1. The van der Waals surface area contributed by atoms with Gasteiger partial charge in [-0.1, -0.05) is 0 Å². The molecule has 7 nitrogen and oxygen atoms in total. The molecule has 0 aliphatic heterocycles. The molecule has 2 heterocycles. The lowest BCUT2D eigenvalue weighted by molar-refractivity contribution is -0.121. The van der Waals surface area contributed by atoms with Crippen LogP contribution in [0.2, 0.25) is 0 Å². The van der Waals surface area contributed by atoms with E-state index >= 15 is 0 Å². The van der Waals surface area contributed by atoms with Crippen LogP contribution in [0.15, 0.2) is 6.20 Å². The van der Waals surface area contributed by atoms with Gasteiger partial charge in [-0.25, -0.2) is 0 Å². The second kappa shape index (κ2) is 6.04. The topological polar surface area (TPSA) is 74.0 Å². The molecular formula is C13H21N5O2. The standard InChI is InChI=1S/C13H21N5O2/c1-9(2)18-11-7-15-17(13(11)10(3)16-18)8-12(19)14-5-6-20-4/h7,9H,5-6,8H2,1-4H3,(H,14,19). The molecule has 0 fully saturated rings. The van der Waals surface area contributed by atoms with E-state index in [2.05, 4.69) is 29.4 Å². The number of nitrogens with one attached hydrogen (secondary N) is 1. The SMILES string of the molecule is COCCNC(=O)Cn1ncc2c1c(C)nn2C(C)C. The Balaban J connectivity index is 2.17. The summed E-state index contributed by atoms with van der Waals surface area (Å²) < 4.78 is 8.52. The van der Waals surface area contributed by atoms with Gasteiger partial charge >= 0.3 is 0 Å². The number of carbonyl (C=O) groups is 1. The zero-order valence-electron chi connectivity index (χ0n) is 12.4. The van der Waals surface area contributed by atoms with E-state index in [-0.39, 0.29) is 18.5 Å². The fourth-order valence-electron chi connectivity index (χ4n) is 2.18. The third-order valence-corrected chi connectivity index (χ3v) is 3.08. The number of nitrogens with zero attached hydrogens (tertiary/aromatic N) is 4. The molecule has 2 aromatic rings. The summed E-state index contributed by atoms with van der Waals surface area (Å²) >= 11 is 0. The Bertz CT molecular complexity index is 599. The summed E-state index contributed by atoms with van der Waals surface area (Å²) in [6, 6.07) is 0.263. The van der Waals surface area contributed by atoms with Crippen LogP contribution in [0.5, 0.6) is 0 Å². The first kappa shape index (κ1) is 14.5. The summed E-state index contributed by atoms with van der Waals surface area (Å²) in [7, 11) is 1.60. The van der Waals surface area contributed by atoms with Crippen LogP contribution < -0.4 is 5.32 Å². The average molecular weight is 279 g/mol. The van der Waals surface area contributed by atoms with Crippen LogP contribution in [0.4, 0.5) is 0 Å². The molecular weight excluding hydrogens is 258 g/mol. The first-order chi connectivity index (χ1) is 9.54. The predicted octanol–water partition coefficient (Wildman–Crippen LogP) is 0.885. The number of methoxy groups -OCH3 is 1. The lowest BCUT2D eigenvalue weighted by atomic mass is 10.3. The Morgan fingerprint density at radius 2 is 2.25 bits per heavy atom. The van der Waals surface area contributed by atoms with Gasteiger partial charge in [0.1, 0.15) is 17.6 Å². The Kier molecular flexibility index (Phi) is 4.39. The smallest absolute Gasteiger partial charge is 0.241 e. The van der Waals surface area contributed by atoms with Crippen LogP contribution in [0.25, 0.3) is 11.0 Å². The zero-order valence-corrected chi connectivity index (χ0v) is 12.4. The van der Waals surface area contributed by atoms with Crippen LogP contribution in [0, 0.1) is 6.92 Å². The van der Waals surface area contributed by atoms with E-state index in [4.69, 9.17) is 4.74 Å². The van der Waals surface area contributed by atoms with Crippen molar-refractivity contribution < 1.29 is 9.53 Å². The molecule has 2 rings (SSSR count). The van der Waals surface area contributed by atoms with Crippen LogP contribution in [-0.4, -0.2) is 45.7 Å². The van der Waals surface area contributed by atoms with Gasteiger partial charge in [-0.05, 0) is 20.8 Å². The monoisotopic (exact) mass is 279 g/mol. The molecule has 0 aliphatic rings.